The Labute approximate surface area is 381 Å². The molecule has 0 unspecified atom stereocenters. The van der Waals surface area contributed by atoms with Crippen LogP contribution >= 0.6 is 0 Å². The fraction of sp³-hybridized carbons (Fsp3) is 0.0476. The van der Waals surface area contributed by atoms with E-state index in [1.54, 1.807) is 0 Å². The van der Waals surface area contributed by atoms with Crippen LogP contribution in [0.1, 0.15) is 25.0 Å². The molecule has 0 atom stereocenters. The second-order valence-electron chi connectivity index (χ2n) is 17.7. The quantitative estimate of drug-likeness (QED) is 0.148. The van der Waals surface area contributed by atoms with Gasteiger partial charge in [-0.1, -0.05) is 196 Å². The summed E-state index contributed by atoms with van der Waals surface area (Å²) in [7, 11) is 0. The molecular formula is C63H46N2. The van der Waals surface area contributed by atoms with Crippen molar-refractivity contribution < 1.29 is 0 Å². The van der Waals surface area contributed by atoms with Crippen LogP contribution in [0.25, 0.3) is 83.1 Å². The zero-order valence-corrected chi connectivity index (χ0v) is 36.5. The summed E-state index contributed by atoms with van der Waals surface area (Å²) in [6, 6.07) is 88.7. The van der Waals surface area contributed by atoms with Gasteiger partial charge in [-0.15, -0.1) is 0 Å². The van der Waals surface area contributed by atoms with E-state index in [1.807, 2.05) is 0 Å². The molecule has 1 aliphatic carbocycles. The van der Waals surface area contributed by atoms with Crippen LogP contribution in [-0.2, 0) is 5.41 Å². The van der Waals surface area contributed by atoms with E-state index in [0.29, 0.717) is 0 Å². The molecule has 11 aromatic rings. The van der Waals surface area contributed by atoms with Gasteiger partial charge in [-0.25, -0.2) is 0 Å². The molecule has 2 heteroatoms. The number of rotatable bonds is 8. The van der Waals surface area contributed by atoms with Crippen LogP contribution < -0.4 is 4.90 Å². The van der Waals surface area contributed by atoms with Crippen molar-refractivity contribution in [2.75, 3.05) is 4.90 Å². The molecule has 2 nitrogen and oxygen atoms in total. The van der Waals surface area contributed by atoms with Crippen molar-refractivity contribution in [1.82, 2.24) is 4.57 Å². The smallest absolute Gasteiger partial charge is 0.0541 e. The van der Waals surface area contributed by atoms with Crippen LogP contribution in [0.4, 0.5) is 17.1 Å². The summed E-state index contributed by atoms with van der Waals surface area (Å²) < 4.78 is 2.43. The second-order valence-corrected chi connectivity index (χ2v) is 17.7. The van der Waals surface area contributed by atoms with Gasteiger partial charge in [-0.05, 0) is 122 Å². The Bertz CT molecular complexity index is 3520. The van der Waals surface area contributed by atoms with Crippen molar-refractivity contribution in [3.8, 4) is 61.3 Å². The van der Waals surface area contributed by atoms with Gasteiger partial charge in [0.1, 0.15) is 0 Å². The molecule has 0 aliphatic heterocycles. The molecular weight excluding hydrogens is 785 g/mol. The maximum atomic E-state index is 2.43. The molecule has 65 heavy (non-hydrogen) atoms. The Balaban J connectivity index is 0.891. The normalized spacial score (nSPS) is 12.6. The summed E-state index contributed by atoms with van der Waals surface area (Å²) in [6.45, 7) is 4.70. The standard InChI is InChI=1S/C63H46N2/c1-63(2)58-22-12-9-20-54(58)55-39-38-52(42-59(55)63)64(50-34-29-46(30-35-50)43-15-5-3-6-16-43)51-36-31-47(32-37-51)45-25-27-48(28-26-45)53-19-10-13-23-60(53)65-61-24-14-11-21-56(61)57-41-49(33-40-62(57)65)44-17-7-4-8-18-44/h3-42H,1-2H3. The first kappa shape index (κ1) is 38.5. The molecule has 0 amide bonds. The molecule has 12 rings (SSSR count). The molecule has 1 aliphatic rings. The Morgan fingerprint density at radius 3 is 1.45 bits per heavy atom. The highest BCUT2D eigenvalue weighted by molar-refractivity contribution is 6.11. The lowest BCUT2D eigenvalue weighted by molar-refractivity contribution is 0.660. The summed E-state index contributed by atoms with van der Waals surface area (Å²) in [4.78, 5) is 2.40. The van der Waals surface area contributed by atoms with Crippen molar-refractivity contribution in [1.29, 1.82) is 0 Å². The number of benzene rings is 10. The van der Waals surface area contributed by atoms with E-state index >= 15 is 0 Å². The van der Waals surface area contributed by atoms with Gasteiger partial charge >= 0.3 is 0 Å². The Hall–Kier alpha value is -8.20. The van der Waals surface area contributed by atoms with Gasteiger partial charge in [0.2, 0.25) is 0 Å². The van der Waals surface area contributed by atoms with Crippen LogP contribution in [-0.4, -0.2) is 4.57 Å². The number of nitrogens with zero attached hydrogens (tertiary/aromatic N) is 2. The molecule has 1 aromatic heterocycles. The third kappa shape index (κ3) is 6.57. The highest BCUT2D eigenvalue weighted by Crippen LogP contribution is 2.51. The predicted molar refractivity (Wildman–Crippen MR) is 275 cm³/mol. The molecule has 0 saturated carbocycles. The van der Waals surface area contributed by atoms with Crippen LogP contribution in [0, 0.1) is 0 Å². The number of fused-ring (bicyclic) bond motifs is 6. The minimum absolute atomic E-state index is 0.0998. The fourth-order valence-electron chi connectivity index (χ4n) is 10.3. The number of hydrogen-bond acceptors (Lipinski definition) is 1. The number of hydrogen-bond donors (Lipinski definition) is 0. The largest absolute Gasteiger partial charge is 0.310 e. The van der Waals surface area contributed by atoms with Gasteiger partial charge in [0, 0.05) is 38.8 Å². The third-order valence-electron chi connectivity index (χ3n) is 13.6. The van der Waals surface area contributed by atoms with Gasteiger partial charge in [0.15, 0.2) is 0 Å². The van der Waals surface area contributed by atoms with Crippen molar-refractivity contribution >= 4 is 38.9 Å². The molecule has 0 spiro atoms. The lowest BCUT2D eigenvalue weighted by atomic mass is 9.82. The van der Waals surface area contributed by atoms with E-state index in [2.05, 4.69) is 266 Å². The van der Waals surface area contributed by atoms with Gasteiger partial charge in [0.25, 0.3) is 0 Å². The average molecular weight is 831 g/mol. The van der Waals surface area contributed by atoms with Crippen molar-refractivity contribution in [3.05, 3.63) is 254 Å². The van der Waals surface area contributed by atoms with E-state index in [-0.39, 0.29) is 5.41 Å². The van der Waals surface area contributed by atoms with Crippen LogP contribution in [0.3, 0.4) is 0 Å². The Morgan fingerprint density at radius 1 is 0.308 bits per heavy atom. The lowest BCUT2D eigenvalue weighted by Crippen LogP contribution is -2.16. The minimum atomic E-state index is -0.0998. The first-order valence-corrected chi connectivity index (χ1v) is 22.6. The van der Waals surface area contributed by atoms with E-state index in [1.165, 1.54) is 94.3 Å². The van der Waals surface area contributed by atoms with Crippen LogP contribution in [0.2, 0.25) is 0 Å². The van der Waals surface area contributed by atoms with Gasteiger partial charge in [-0.3, -0.25) is 0 Å². The monoisotopic (exact) mass is 830 g/mol. The number of anilines is 3. The second kappa shape index (κ2) is 15.6. The predicted octanol–water partition coefficient (Wildman–Crippen LogP) is 17.2. The first-order chi connectivity index (χ1) is 32.0. The summed E-state index contributed by atoms with van der Waals surface area (Å²) in [6.07, 6.45) is 0. The summed E-state index contributed by atoms with van der Waals surface area (Å²) in [5.41, 5.74) is 21.8. The molecule has 0 N–H and O–H groups in total. The van der Waals surface area contributed by atoms with E-state index in [9.17, 15) is 0 Å². The van der Waals surface area contributed by atoms with Crippen LogP contribution in [0.5, 0.6) is 0 Å². The Morgan fingerprint density at radius 2 is 0.769 bits per heavy atom. The topological polar surface area (TPSA) is 8.17 Å². The Kier molecular flexibility index (Phi) is 9.21. The number of aromatic nitrogens is 1. The average Bonchev–Trinajstić information content (AvgIpc) is 3.82. The lowest BCUT2D eigenvalue weighted by Gasteiger charge is -2.28. The van der Waals surface area contributed by atoms with Gasteiger partial charge < -0.3 is 9.47 Å². The maximum Gasteiger partial charge on any atom is 0.0541 e. The van der Waals surface area contributed by atoms with Crippen molar-refractivity contribution in [2.24, 2.45) is 0 Å². The van der Waals surface area contributed by atoms with E-state index < -0.39 is 0 Å². The first-order valence-electron chi connectivity index (χ1n) is 22.6. The zero-order valence-electron chi connectivity index (χ0n) is 36.5. The van der Waals surface area contributed by atoms with Gasteiger partial charge in [0.05, 0.1) is 16.7 Å². The SMILES string of the molecule is CC1(C)c2ccccc2-c2ccc(N(c3ccc(-c4ccccc4)cc3)c3ccc(-c4ccc(-c5ccccc5-n5c6ccccc6c6cc(-c7ccccc7)ccc65)cc4)cc3)cc21. The molecule has 0 radical (unpaired) electrons. The summed E-state index contributed by atoms with van der Waals surface area (Å²) in [5.74, 6) is 0. The highest BCUT2D eigenvalue weighted by atomic mass is 15.1. The highest BCUT2D eigenvalue weighted by Gasteiger charge is 2.35. The molecule has 308 valence electrons. The van der Waals surface area contributed by atoms with E-state index in [0.717, 1.165) is 17.1 Å². The third-order valence-corrected chi connectivity index (χ3v) is 13.6. The molecule has 1 heterocycles. The van der Waals surface area contributed by atoms with Gasteiger partial charge in [-0.2, -0.15) is 0 Å². The fourth-order valence-corrected chi connectivity index (χ4v) is 10.3. The van der Waals surface area contributed by atoms with Crippen LogP contribution in [0.15, 0.2) is 243 Å². The molecule has 0 bridgehead atoms. The van der Waals surface area contributed by atoms with Crippen molar-refractivity contribution in [3.63, 3.8) is 0 Å². The zero-order chi connectivity index (χ0) is 43.5. The summed E-state index contributed by atoms with van der Waals surface area (Å²) >= 11 is 0. The minimum Gasteiger partial charge on any atom is -0.310 e. The van der Waals surface area contributed by atoms with Crippen molar-refractivity contribution in [2.45, 2.75) is 19.3 Å². The van der Waals surface area contributed by atoms with E-state index in [4.69, 9.17) is 0 Å². The molecule has 0 fully saturated rings. The summed E-state index contributed by atoms with van der Waals surface area (Å²) in [5, 5.41) is 2.51. The maximum absolute atomic E-state index is 2.43. The molecule has 0 saturated heterocycles. The number of para-hydroxylation sites is 2. The molecule has 10 aromatic carbocycles.